The molecule has 152 valence electrons. The SMILES string of the molecule is Cc1cc(C)cc(N([C@@H](C)C(=O)N[C@@H](C)c2cc(C)ccc2C)S(C)(=O)=O)c1. The lowest BCUT2D eigenvalue weighted by Crippen LogP contribution is -2.48. The molecule has 6 heteroatoms. The molecule has 5 nitrogen and oxygen atoms in total. The van der Waals surface area contributed by atoms with E-state index in [0.29, 0.717) is 5.69 Å². The van der Waals surface area contributed by atoms with E-state index in [2.05, 4.69) is 5.32 Å². The van der Waals surface area contributed by atoms with Crippen LogP contribution < -0.4 is 9.62 Å². The van der Waals surface area contributed by atoms with Gasteiger partial charge in [-0.15, -0.1) is 0 Å². The van der Waals surface area contributed by atoms with E-state index in [1.165, 1.54) is 4.31 Å². The molecule has 1 amide bonds. The molecule has 0 spiro atoms. The molecule has 0 unspecified atom stereocenters. The third-order valence-corrected chi connectivity index (χ3v) is 6.05. The van der Waals surface area contributed by atoms with Crippen LogP contribution in [-0.2, 0) is 14.8 Å². The van der Waals surface area contributed by atoms with Crippen LogP contribution in [0.25, 0.3) is 0 Å². The van der Waals surface area contributed by atoms with Gasteiger partial charge in [0.1, 0.15) is 6.04 Å². The molecule has 0 aliphatic heterocycles. The number of sulfonamides is 1. The largest absolute Gasteiger partial charge is 0.348 e. The number of carbonyl (C=O) groups excluding carboxylic acids is 1. The Kier molecular flexibility index (Phi) is 6.55. The lowest BCUT2D eigenvalue weighted by Gasteiger charge is -2.30. The van der Waals surface area contributed by atoms with Gasteiger partial charge < -0.3 is 5.32 Å². The first-order chi connectivity index (χ1) is 12.9. The molecule has 2 atom stereocenters. The zero-order chi connectivity index (χ0) is 21.2. The first-order valence-corrected chi connectivity index (χ1v) is 11.2. The number of benzene rings is 2. The van der Waals surface area contributed by atoms with Crippen molar-refractivity contribution in [3.63, 3.8) is 0 Å². The fourth-order valence-electron chi connectivity index (χ4n) is 3.52. The van der Waals surface area contributed by atoms with Crippen LogP contribution in [0.3, 0.4) is 0 Å². The van der Waals surface area contributed by atoms with Gasteiger partial charge in [0.25, 0.3) is 0 Å². The molecule has 0 radical (unpaired) electrons. The molecule has 0 aliphatic carbocycles. The maximum absolute atomic E-state index is 12.9. The highest BCUT2D eigenvalue weighted by molar-refractivity contribution is 7.92. The Balaban J connectivity index is 2.32. The monoisotopic (exact) mass is 402 g/mol. The summed E-state index contributed by atoms with van der Waals surface area (Å²) in [5.74, 6) is -0.335. The lowest BCUT2D eigenvalue weighted by molar-refractivity contribution is -0.122. The van der Waals surface area contributed by atoms with Gasteiger partial charge in [-0.2, -0.15) is 0 Å². The van der Waals surface area contributed by atoms with Crippen molar-refractivity contribution >= 4 is 21.6 Å². The van der Waals surface area contributed by atoms with Crippen LogP contribution in [0.4, 0.5) is 5.69 Å². The second-order valence-corrected chi connectivity index (χ2v) is 9.53. The summed E-state index contributed by atoms with van der Waals surface area (Å²) in [6, 6.07) is 10.5. The van der Waals surface area contributed by atoms with Gasteiger partial charge in [-0.05, 0) is 75.9 Å². The molecule has 28 heavy (non-hydrogen) atoms. The fraction of sp³-hybridized carbons (Fsp3) is 0.409. The molecule has 2 aromatic rings. The summed E-state index contributed by atoms with van der Waals surface area (Å²) >= 11 is 0. The van der Waals surface area contributed by atoms with Crippen molar-refractivity contribution in [2.75, 3.05) is 10.6 Å². The predicted octanol–water partition coefficient (Wildman–Crippen LogP) is 3.95. The number of hydrogen-bond acceptors (Lipinski definition) is 3. The molecule has 0 aromatic heterocycles. The van der Waals surface area contributed by atoms with Crippen molar-refractivity contribution in [1.29, 1.82) is 0 Å². The average Bonchev–Trinajstić information content (AvgIpc) is 2.54. The van der Waals surface area contributed by atoms with Crippen LogP contribution in [0.1, 0.15) is 47.7 Å². The summed E-state index contributed by atoms with van der Waals surface area (Å²) in [6.45, 7) is 11.3. The molecule has 0 saturated carbocycles. The normalized spacial score (nSPS) is 13.7. The van der Waals surface area contributed by atoms with Gasteiger partial charge in [0.2, 0.25) is 15.9 Å². The lowest BCUT2D eigenvalue weighted by atomic mass is 10.00. The van der Waals surface area contributed by atoms with Crippen LogP contribution in [0.2, 0.25) is 0 Å². The molecular weight excluding hydrogens is 372 g/mol. The van der Waals surface area contributed by atoms with Crippen LogP contribution in [0.15, 0.2) is 36.4 Å². The molecule has 0 heterocycles. The van der Waals surface area contributed by atoms with Crippen molar-refractivity contribution in [1.82, 2.24) is 5.32 Å². The molecule has 0 saturated heterocycles. The minimum atomic E-state index is -3.64. The highest BCUT2D eigenvalue weighted by Gasteiger charge is 2.30. The van der Waals surface area contributed by atoms with Crippen molar-refractivity contribution in [2.24, 2.45) is 0 Å². The van der Waals surface area contributed by atoms with E-state index in [4.69, 9.17) is 0 Å². The van der Waals surface area contributed by atoms with Crippen LogP contribution in [0.5, 0.6) is 0 Å². The van der Waals surface area contributed by atoms with Gasteiger partial charge in [-0.3, -0.25) is 9.10 Å². The third-order valence-electron chi connectivity index (χ3n) is 4.81. The first kappa shape index (κ1) is 22.0. The van der Waals surface area contributed by atoms with Crippen molar-refractivity contribution in [2.45, 2.75) is 53.6 Å². The highest BCUT2D eigenvalue weighted by Crippen LogP contribution is 2.25. The van der Waals surface area contributed by atoms with E-state index in [9.17, 15) is 13.2 Å². The number of amides is 1. The number of carbonyl (C=O) groups is 1. The summed E-state index contributed by atoms with van der Waals surface area (Å²) in [5, 5.41) is 2.97. The van der Waals surface area contributed by atoms with Gasteiger partial charge in [0.05, 0.1) is 18.0 Å². The molecule has 0 aliphatic rings. The number of aryl methyl sites for hydroxylation is 4. The number of rotatable bonds is 6. The molecular formula is C22H30N2O3S. The minimum absolute atomic E-state index is 0.226. The predicted molar refractivity (Wildman–Crippen MR) is 115 cm³/mol. The summed E-state index contributed by atoms with van der Waals surface area (Å²) in [4.78, 5) is 12.9. The van der Waals surface area contributed by atoms with Crippen molar-refractivity contribution in [3.05, 3.63) is 64.2 Å². The van der Waals surface area contributed by atoms with E-state index in [1.807, 2.05) is 58.9 Å². The Bertz CT molecular complexity index is 963. The Morgan fingerprint density at radius 2 is 1.50 bits per heavy atom. The molecule has 0 fully saturated rings. The van der Waals surface area contributed by atoms with Crippen molar-refractivity contribution in [3.8, 4) is 0 Å². The van der Waals surface area contributed by atoms with Gasteiger partial charge in [-0.1, -0.05) is 29.8 Å². The summed E-state index contributed by atoms with van der Waals surface area (Å²) in [5.41, 5.74) is 5.61. The number of nitrogens with one attached hydrogen (secondary N) is 1. The molecule has 1 N–H and O–H groups in total. The molecule has 0 bridgehead atoms. The summed E-state index contributed by atoms with van der Waals surface area (Å²) < 4.78 is 26.2. The average molecular weight is 403 g/mol. The Morgan fingerprint density at radius 1 is 0.929 bits per heavy atom. The summed E-state index contributed by atoms with van der Waals surface area (Å²) in [6.07, 6.45) is 1.13. The summed E-state index contributed by atoms with van der Waals surface area (Å²) in [7, 11) is -3.64. The second-order valence-electron chi connectivity index (χ2n) is 7.67. The van der Waals surface area contributed by atoms with Crippen LogP contribution >= 0.6 is 0 Å². The Labute approximate surface area is 168 Å². The Hall–Kier alpha value is -2.34. The van der Waals surface area contributed by atoms with Crippen molar-refractivity contribution < 1.29 is 13.2 Å². The van der Waals surface area contributed by atoms with Crippen LogP contribution in [-0.4, -0.2) is 26.6 Å². The highest BCUT2D eigenvalue weighted by atomic mass is 32.2. The van der Waals surface area contributed by atoms with Gasteiger partial charge in [0.15, 0.2) is 0 Å². The fourth-order valence-corrected chi connectivity index (χ4v) is 4.68. The third kappa shape index (κ3) is 5.13. The molecule has 2 aromatic carbocycles. The minimum Gasteiger partial charge on any atom is -0.348 e. The van der Waals surface area contributed by atoms with E-state index >= 15 is 0 Å². The van der Waals surface area contributed by atoms with Crippen LogP contribution in [0, 0.1) is 27.7 Å². The Morgan fingerprint density at radius 3 is 2.04 bits per heavy atom. The van der Waals surface area contributed by atoms with Gasteiger partial charge in [-0.25, -0.2) is 8.42 Å². The zero-order valence-electron chi connectivity index (χ0n) is 17.7. The zero-order valence-corrected chi connectivity index (χ0v) is 18.5. The second kappa shape index (κ2) is 8.35. The maximum atomic E-state index is 12.9. The smallest absolute Gasteiger partial charge is 0.244 e. The van der Waals surface area contributed by atoms with E-state index in [-0.39, 0.29) is 11.9 Å². The van der Waals surface area contributed by atoms with E-state index in [0.717, 1.165) is 34.1 Å². The first-order valence-electron chi connectivity index (χ1n) is 9.35. The standard InChI is InChI=1S/C22H30N2O3S/c1-14-8-9-17(4)21(13-14)18(5)23-22(25)19(6)24(28(7,26)27)20-11-15(2)10-16(3)12-20/h8-13,18-19H,1-7H3,(H,23,25)/t18-,19-/m0/s1. The van der Waals surface area contributed by atoms with E-state index in [1.54, 1.807) is 19.1 Å². The van der Waals surface area contributed by atoms with E-state index < -0.39 is 16.1 Å². The maximum Gasteiger partial charge on any atom is 0.244 e. The van der Waals surface area contributed by atoms with Gasteiger partial charge >= 0.3 is 0 Å². The van der Waals surface area contributed by atoms with Gasteiger partial charge in [0, 0.05) is 0 Å². The quantitative estimate of drug-likeness (QED) is 0.795. The number of anilines is 1. The molecule has 2 rings (SSSR count). The number of hydrogen-bond donors (Lipinski definition) is 1. The topological polar surface area (TPSA) is 66.5 Å². The number of nitrogens with zero attached hydrogens (tertiary/aromatic N) is 1.